The fourth-order valence-electron chi connectivity index (χ4n) is 4.50. The molecule has 1 saturated heterocycles. The van der Waals surface area contributed by atoms with Gasteiger partial charge in [-0.15, -0.1) is 0 Å². The number of aliphatic carboxylic acids is 3. The van der Waals surface area contributed by atoms with E-state index in [1.165, 1.54) is 41.2 Å². The van der Waals surface area contributed by atoms with E-state index in [4.69, 9.17) is 9.47 Å². The van der Waals surface area contributed by atoms with Crippen LogP contribution in [0.3, 0.4) is 0 Å². The Labute approximate surface area is 297 Å². The maximum Gasteiger partial charge on any atom is 3.00 e. The second-order valence-electron chi connectivity index (χ2n) is 10.3. The number of rotatable bonds is 15. The van der Waals surface area contributed by atoms with Gasteiger partial charge in [-0.25, -0.2) is 4.79 Å². The summed E-state index contributed by atoms with van der Waals surface area (Å²) in [6.07, 6.45) is 0. The first-order valence-electron chi connectivity index (χ1n) is 14.1. The smallest absolute Gasteiger partial charge is 0.549 e. The zero-order valence-electron chi connectivity index (χ0n) is 25.4. The number of carbonyl (C=O) groups is 5. The molecular weight excluding hydrogens is 758 g/mol. The number of benzene rings is 1. The molecule has 1 heterocycles. The minimum absolute atomic E-state index is 0. The molecule has 0 unspecified atom stereocenters. The van der Waals surface area contributed by atoms with Crippen LogP contribution < -0.4 is 20.1 Å². The van der Waals surface area contributed by atoms with E-state index < -0.39 is 60.9 Å². The van der Waals surface area contributed by atoms with Crippen LogP contribution in [0.25, 0.3) is 0 Å². The molecule has 255 valence electrons. The van der Waals surface area contributed by atoms with Gasteiger partial charge in [-0.3, -0.25) is 34.5 Å². The van der Waals surface area contributed by atoms with Crippen molar-refractivity contribution in [3.63, 3.8) is 0 Å². The largest absolute Gasteiger partial charge is 3.00 e. The van der Waals surface area contributed by atoms with Gasteiger partial charge in [-0.05, 0) is 12.1 Å². The number of amides is 1. The van der Waals surface area contributed by atoms with Gasteiger partial charge in [0.05, 0.1) is 36.0 Å². The molecule has 0 N–H and O–H groups in total. The van der Waals surface area contributed by atoms with Crippen LogP contribution in [-0.4, -0.2) is 165 Å². The molecule has 1 amide bonds. The molecule has 1 radical (unpaired) electrons. The molecule has 0 aliphatic carbocycles. The van der Waals surface area contributed by atoms with E-state index in [1.807, 2.05) is 0 Å². The zero-order chi connectivity index (χ0) is 33.4. The van der Waals surface area contributed by atoms with E-state index in [0.29, 0.717) is 0 Å². The predicted molar refractivity (Wildman–Crippen MR) is 148 cm³/mol. The van der Waals surface area contributed by atoms with Gasteiger partial charge in [-0.1, -0.05) is 0 Å². The fraction of sp³-hybridized carbons (Fsp3) is 0.593. The molecular formula is C27H37GdN6O12. The van der Waals surface area contributed by atoms with Crippen LogP contribution in [0.15, 0.2) is 24.3 Å². The summed E-state index contributed by atoms with van der Waals surface area (Å²) in [6.45, 7) is -0.605. The van der Waals surface area contributed by atoms with E-state index in [-0.39, 0.29) is 123 Å². The van der Waals surface area contributed by atoms with Crippen LogP contribution in [0.2, 0.25) is 0 Å². The molecule has 0 atom stereocenters. The number of methoxy groups -OCH3 is 1. The number of non-ortho nitro benzene ring substituents is 1. The van der Waals surface area contributed by atoms with Crippen molar-refractivity contribution in [1.82, 2.24) is 24.5 Å². The third kappa shape index (κ3) is 16.6. The second kappa shape index (κ2) is 21.8. The normalized spacial score (nSPS) is 15.8. The Morgan fingerprint density at radius 1 is 0.739 bits per heavy atom. The number of carbonyl (C=O) groups excluding carboxylic acids is 5. The predicted octanol–water partition coefficient (Wildman–Crippen LogP) is -5.55. The van der Waals surface area contributed by atoms with E-state index in [0.717, 1.165) is 0 Å². The molecule has 1 aliphatic heterocycles. The fourth-order valence-corrected chi connectivity index (χ4v) is 4.50. The summed E-state index contributed by atoms with van der Waals surface area (Å²) in [4.78, 5) is 77.8. The van der Waals surface area contributed by atoms with Gasteiger partial charge < -0.3 is 44.1 Å². The summed E-state index contributed by atoms with van der Waals surface area (Å²) in [5, 5.41) is 44.8. The average Bonchev–Trinajstić information content (AvgIpc) is 2.95. The van der Waals surface area contributed by atoms with Gasteiger partial charge >= 0.3 is 45.9 Å². The third-order valence-electron chi connectivity index (χ3n) is 6.86. The molecule has 18 nitrogen and oxygen atoms in total. The van der Waals surface area contributed by atoms with E-state index in [1.54, 1.807) is 14.7 Å². The maximum atomic E-state index is 13.4. The first-order valence-corrected chi connectivity index (χ1v) is 14.1. The van der Waals surface area contributed by atoms with Gasteiger partial charge in [0, 0.05) is 97.8 Å². The molecule has 0 saturated carbocycles. The van der Waals surface area contributed by atoms with E-state index >= 15 is 0 Å². The molecule has 0 aromatic heterocycles. The van der Waals surface area contributed by atoms with Crippen molar-refractivity contribution in [2.45, 2.75) is 0 Å². The Hall–Kier alpha value is -2.91. The van der Waals surface area contributed by atoms with Crippen molar-refractivity contribution in [2.24, 2.45) is 0 Å². The SMILES string of the molecule is COCCN(CC(=O)Oc1ccc([N+](=O)[O-])cc1)C(=O)CN1CCN(CC(=O)[O-])CCN(CC(=O)[O-])CCN(CC(=O)[O-])CC1.[Gd+3]. The quantitative estimate of drug-likeness (QED) is 0.0697. The number of nitrogens with zero attached hydrogens (tertiary/aromatic N) is 6. The average molecular weight is 795 g/mol. The van der Waals surface area contributed by atoms with Gasteiger partial charge in [-0.2, -0.15) is 0 Å². The number of carboxylic acid groups (broad SMARTS) is 3. The van der Waals surface area contributed by atoms with Gasteiger partial charge in [0.25, 0.3) is 5.69 Å². The first-order chi connectivity index (χ1) is 21.4. The second-order valence-corrected chi connectivity index (χ2v) is 10.3. The summed E-state index contributed by atoms with van der Waals surface area (Å²) < 4.78 is 10.3. The van der Waals surface area contributed by atoms with Gasteiger partial charge in [0.1, 0.15) is 12.3 Å². The molecule has 46 heavy (non-hydrogen) atoms. The number of hydrogen-bond donors (Lipinski definition) is 0. The third-order valence-corrected chi connectivity index (χ3v) is 6.86. The number of ether oxygens (including phenoxy) is 2. The molecule has 0 bridgehead atoms. The van der Waals surface area contributed by atoms with Crippen molar-refractivity contribution in [3.05, 3.63) is 34.4 Å². The van der Waals surface area contributed by atoms with Crippen LogP contribution in [0.4, 0.5) is 5.69 Å². The molecule has 1 aromatic rings. The molecule has 0 spiro atoms. The minimum Gasteiger partial charge on any atom is -0.549 e. The summed E-state index contributed by atoms with van der Waals surface area (Å²) >= 11 is 0. The van der Waals surface area contributed by atoms with E-state index in [9.17, 15) is 49.4 Å². The topological polar surface area (TPSA) is 232 Å². The zero-order valence-corrected chi connectivity index (χ0v) is 27.6. The molecule has 19 heteroatoms. The van der Waals surface area contributed by atoms with Crippen LogP contribution >= 0.6 is 0 Å². The maximum absolute atomic E-state index is 13.4. The van der Waals surface area contributed by atoms with Gasteiger partial charge in [0.15, 0.2) is 0 Å². The number of nitro benzene ring substituents is 1. The van der Waals surface area contributed by atoms with Crippen LogP contribution in [0.1, 0.15) is 0 Å². The summed E-state index contributed by atoms with van der Waals surface area (Å²) in [5.41, 5.74) is -0.191. The molecule has 1 fully saturated rings. The summed E-state index contributed by atoms with van der Waals surface area (Å²) in [5.74, 6) is -5.25. The van der Waals surface area contributed by atoms with Crippen molar-refractivity contribution in [3.8, 4) is 5.75 Å². The van der Waals surface area contributed by atoms with Crippen molar-refractivity contribution in [2.75, 3.05) is 105 Å². The number of esters is 1. The molecule has 2 rings (SSSR count). The molecule has 1 aromatic carbocycles. The van der Waals surface area contributed by atoms with Crippen LogP contribution in [0.5, 0.6) is 5.75 Å². The summed E-state index contributed by atoms with van der Waals surface area (Å²) in [7, 11) is 1.42. The monoisotopic (exact) mass is 795 g/mol. The Balaban J connectivity index is 0.0000106. The Bertz CT molecular complexity index is 1140. The van der Waals surface area contributed by atoms with Crippen molar-refractivity contribution >= 4 is 35.5 Å². The van der Waals surface area contributed by atoms with Crippen LogP contribution in [0, 0.1) is 50.1 Å². The van der Waals surface area contributed by atoms with E-state index in [2.05, 4.69) is 0 Å². The van der Waals surface area contributed by atoms with Gasteiger partial charge in [0.2, 0.25) is 5.91 Å². The number of carboxylic acids is 3. The Morgan fingerprint density at radius 3 is 1.48 bits per heavy atom. The van der Waals surface area contributed by atoms with Crippen molar-refractivity contribution < 1.29 is 93.6 Å². The minimum atomic E-state index is -1.34. The van der Waals surface area contributed by atoms with Crippen molar-refractivity contribution in [1.29, 1.82) is 0 Å². The van der Waals surface area contributed by atoms with Crippen LogP contribution in [-0.2, 0) is 28.7 Å². The number of hydrogen-bond acceptors (Lipinski definition) is 16. The Kier molecular flexibility index (Phi) is 19.5. The first kappa shape index (κ1) is 41.1. The standard InChI is InChI=1S/C27H40N6O12.Gd/c1-44-15-14-32(20-27(41)45-22-4-2-21(3-5-22)33(42)43)23(34)16-28-6-8-29(17-24(35)36)10-12-31(19-26(39)40)13-11-30(9-7-28)18-25(37)38;/h2-5H,6-20H2,1H3,(H,35,36)(H,37,38)(H,39,40);/q;+3/p-3. The summed E-state index contributed by atoms with van der Waals surface area (Å²) in [6, 6.07) is 4.84. The molecule has 1 aliphatic rings. The number of nitro groups is 1. The Morgan fingerprint density at radius 2 is 1.13 bits per heavy atom.